The fourth-order valence-electron chi connectivity index (χ4n) is 3.25. The average molecular weight is 409 g/mol. The molecule has 7 heteroatoms. The van der Waals surface area contributed by atoms with Crippen LogP contribution < -0.4 is 10.1 Å². The van der Waals surface area contributed by atoms with Gasteiger partial charge in [0.2, 0.25) is 5.95 Å². The largest absolute Gasteiger partial charge is 0.424 e. The number of anilines is 1. The molecule has 1 atom stereocenters. The second kappa shape index (κ2) is 9.01. The molecule has 0 saturated heterocycles. The van der Waals surface area contributed by atoms with Crippen molar-refractivity contribution >= 4 is 22.8 Å². The molecule has 2 heterocycles. The third kappa shape index (κ3) is 4.33. The monoisotopic (exact) mass is 409 g/mol. The van der Waals surface area contributed by atoms with Gasteiger partial charge in [-0.1, -0.05) is 37.3 Å². The molecule has 31 heavy (non-hydrogen) atoms. The fourth-order valence-corrected chi connectivity index (χ4v) is 3.25. The van der Waals surface area contributed by atoms with Crippen molar-refractivity contribution in [2.24, 2.45) is 0 Å². The molecule has 2 aromatic heterocycles. The molecule has 0 aliphatic rings. The highest BCUT2D eigenvalue weighted by Gasteiger charge is 2.23. The molecule has 7 nitrogen and oxygen atoms in total. The summed E-state index contributed by atoms with van der Waals surface area (Å²) in [6.07, 6.45) is 5.19. The Kier molecular flexibility index (Phi) is 5.81. The summed E-state index contributed by atoms with van der Waals surface area (Å²) >= 11 is 0. The van der Waals surface area contributed by atoms with E-state index in [0.29, 0.717) is 28.3 Å². The van der Waals surface area contributed by atoms with Crippen molar-refractivity contribution in [1.29, 1.82) is 5.26 Å². The van der Waals surface area contributed by atoms with Gasteiger partial charge in [0.25, 0.3) is 0 Å². The third-order valence-electron chi connectivity index (χ3n) is 4.79. The van der Waals surface area contributed by atoms with E-state index in [0.717, 1.165) is 10.9 Å². The first-order valence-electron chi connectivity index (χ1n) is 9.81. The maximum absolute atomic E-state index is 12.2. The molecule has 1 unspecified atom stereocenters. The number of carbonyl (C=O) groups excluding carboxylic acids is 1. The van der Waals surface area contributed by atoms with Crippen molar-refractivity contribution in [3.63, 3.8) is 0 Å². The van der Waals surface area contributed by atoms with Gasteiger partial charge in [-0.05, 0) is 29.8 Å². The number of nitrogens with one attached hydrogen (secondary N) is 1. The molecular formula is C24H19N5O2. The van der Waals surface area contributed by atoms with E-state index in [1.54, 1.807) is 43.7 Å². The van der Waals surface area contributed by atoms with Gasteiger partial charge in [-0.15, -0.1) is 0 Å². The van der Waals surface area contributed by atoms with Crippen LogP contribution in [0.3, 0.4) is 0 Å². The molecule has 0 amide bonds. The molecule has 2 aromatic carbocycles. The first-order valence-corrected chi connectivity index (χ1v) is 9.81. The van der Waals surface area contributed by atoms with Crippen molar-refractivity contribution in [1.82, 2.24) is 15.0 Å². The summed E-state index contributed by atoms with van der Waals surface area (Å²) in [6, 6.07) is 18.2. The van der Waals surface area contributed by atoms with Crippen LogP contribution in [-0.4, -0.2) is 20.9 Å². The molecule has 0 aliphatic carbocycles. The van der Waals surface area contributed by atoms with E-state index in [9.17, 15) is 4.79 Å². The topological polar surface area (TPSA) is 101 Å². The number of pyridine rings is 1. The number of esters is 1. The number of nitriles is 1. The van der Waals surface area contributed by atoms with E-state index in [4.69, 9.17) is 10.00 Å². The Hall–Kier alpha value is -4.31. The summed E-state index contributed by atoms with van der Waals surface area (Å²) in [4.78, 5) is 25.3. The number of ether oxygens (including phenoxy) is 1. The first-order chi connectivity index (χ1) is 15.2. The van der Waals surface area contributed by atoms with Gasteiger partial charge in [0, 0.05) is 36.0 Å². The Morgan fingerprint density at radius 3 is 2.48 bits per heavy atom. The molecule has 0 saturated carbocycles. The van der Waals surface area contributed by atoms with Gasteiger partial charge >= 0.3 is 5.97 Å². The fraction of sp³-hybridized carbons (Fsp3) is 0.125. The Morgan fingerprint density at radius 2 is 1.77 bits per heavy atom. The first kappa shape index (κ1) is 20.0. The van der Waals surface area contributed by atoms with E-state index in [2.05, 4.69) is 26.3 Å². The zero-order valence-corrected chi connectivity index (χ0v) is 16.8. The quantitative estimate of drug-likeness (QED) is 0.372. The average Bonchev–Trinajstić information content (AvgIpc) is 2.83. The molecule has 152 valence electrons. The molecule has 4 aromatic rings. The maximum atomic E-state index is 12.2. The second-order valence-electron chi connectivity index (χ2n) is 6.77. The van der Waals surface area contributed by atoms with Crippen LogP contribution in [0.25, 0.3) is 10.9 Å². The highest BCUT2D eigenvalue weighted by molar-refractivity contribution is 5.89. The minimum Gasteiger partial charge on any atom is -0.424 e. The third-order valence-corrected chi connectivity index (χ3v) is 4.79. The van der Waals surface area contributed by atoms with Gasteiger partial charge < -0.3 is 10.1 Å². The van der Waals surface area contributed by atoms with Crippen LogP contribution in [0, 0.1) is 11.3 Å². The SMILES string of the molecule is CCC(=O)Oc1c(C(Nc2ncccn2)c2ccc(C#N)cc2)ccc2cccnc12. The van der Waals surface area contributed by atoms with Crippen molar-refractivity contribution in [3.8, 4) is 11.8 Å². The Morgan fingerprint density at radius 1 is 1.03 bits per heavy atom. The number of carbonyl (C=O) groups is 1. The van der Waals surface area contributed by atoms with E-state index < -0.39 is 6.04 Å². The smallest absolute Gasteiger partial charge is 0.310 e. The van der Waals surface area contributed by atoms with Crippen molar-refractivity contribution in [2.75, 3.05) is 5.32 Å². The highest BCUT2D eigenvalue weighted by Crippen LogP contribution is 2.37. The number of fused-ring (bicyclic) bond motifs is 1. The molecular weight excluding hydrogens is 390 g/mol. The van der Waals surface area contributed by atoms with Crippen LogP contribution in [0.4, 0.5) is 5.95 Å². The van der Waals surface area contributed by atoms with Crippen molar-refractivity contribution < 1.29 is 9.53 Å². The molecule has 4 rings (SSSR count). The van der Waals surface area contributed by atoms with E-state index in [1.165, 1.54) is 0 Å². The molecule has 1 N–H and O–H groups in total. The lowest BCUT2D eigenvalue weighted by Gasteiger charge is -2.23. The molecule has 0 spiro atoms. The van der Waals surface area contributed by atoms with Gasteiger partial charge in [0.1, 0.15) is 5.52 Å². The molecule has 0 radical (unpaired) electrons. The van der Waals surface area contributed by atoms with Crippen LogP contribution >= 0.6 is 0 Å². The van der Waals surface area contributed by atoms with Crippen LogP contribution in [0.2, 0.25) is 0 Å². The predicted molar refractivity (Wildman–Crippen MR) is 116 cm³/mol. The van der Waals surface area contributed by atoms with Crippen LogP contribution in [0.15, 0.2) is 73.2 Å². The standard InChI is InChI=1S/C24H19N5O2/c1-2-20(30)31-23-19(11-10-17-5-3-12-26-22(17)23)21(29-24-27-13-4-14-28-24)18-8-6-16(15-25)7-9-18/h3-14,21H,2H2,1H3,(H,27,28,29). The molecule has 0 bridgehead atoms. The van der Waals surface area contributed by atoms with E-state index in [-0.39, 0.29) is 12.4 Å². The summed E-state index contributed by atoms with van der Waals surface area (Å²) in [7, 11) is 0. The normalized spacial score (nSPS) is 11.5. The van der Waals surface area contributed by atoms with Crippen molar-refractivity contribution in [3.05, 3.63) is 89.9 Å². The summed E-state index contributed by atoms with van der Waals surface area (Å²) < 4.78 is 5.76. The highest BCUT2D eigenvalue weighted by atomic mass is 16.5. The van der Waals surface area contributed by atoms with Crippen LogP contribution in [0.5, 0.6) is 5.75 Å². The lowest BCUT2D eigenvalue weighted by atomic mass is 9.95. The van der Waals surface area contributed by atoms with Crippen molar-refractivity contribution in [2.45, 2.75) is 19.4 Å². The maximum Gasteiger partial charge on any atom is 0.310 e. The zero-order valence-electron chi connectivity index (χ0n) is 16.8. The van der Waals surface area contributed by atoms with Gasteiger partial charge in [0.15, 0.2) is 5.75 Å². The summed E-state index contributed by atoms with van der Waals surface area (Å²) in [5.74, 6) is 0.461. The van der Waals surface area contributed by atoms with E-state index >= 15 is 0 Å². The van der Waals surface area contributed by atoms with Gasteiger partial charge in [-0.2, -0.15) is 5.26 Å². The van der Waals surface area contributed by atoms with Gasteiger partial charge in [-0.25, -0.2) is 9.97 Å². The lowest BCUT2D eigenvalue weighted by molar-refractivity contribution is -0.133. The summed E-state index contributed by atoms with van der Waals surface area (Å²) in [5, 5.41) is 13.3. The molecule has 0 aliphatic heterocycles. The Bertz CT molecular complexity index is 1250. The minimum absolute atomic E-state index is 0.236. The number of aromatic nitrogens is 3. The lowest BCUT2D eigenvalue weighted by Crippen LogP contribution is -2.17. The number of hydrogen-bond donors (Lipinski definition) is 1. The van der Waals surface area contributed by atoms with E-state index in [1.807, 2.05) is 36.4 Å². The molecule has 0 fully saturated rings. The summed E-state index contributed by atoms with van der Waals surface area (Å²) in [6.45, 7) is 1.74. The van der Waals surface area contributed by atoms with Crippen LogP contribution in [0.1, 0.15) is 36.1 Å². The van der Waals surface area contributed by atoms with Gasteiger partial charge in [-0.3, -0.25) is 9.78 Å². The number of benzene rings is 2. The van der Waals surface area contributed by atoms with Crippen LogP contribution in [-0.2, 0) is 4.79 Å². The van der Waals surface area contributed by atoms with Gasteiger partial charge in [0.05, 0.1) is 17.7 Å². The second-order valence-corrected chi connectivity index (χ2v) is 6.77. The minimum atomic E-state index is -0.443. The number of hydrogen-bond acceptors (Lipinski definition) is 7. The zero-order chi connectivity index (χ0) is 21.6. The number of rotatable bonds is 6. The predicted octanol–water partition coefficient (Wildman–Crippen LogP) is 4.41. The Balaban J connectivity index is 1.89. The Labute approximate surface area is 179 Å². The summed E-state index contributed by atoms with van der Waals surface area (Å²) in [5.41, 5.74) is 2.72. The number of nitrogens with zero attached hydrogens (tertiary/aromatic N) is 4.